The number of ether oxygens (including phenoxy) is 1. The van der Waals surface area contributed by atoms with Crippen LogP contribution in [0.25, 0.3) is 12.2 Å². The normalized spacial score (nSPS) is 12.7. The maximum absolute atomic E-state index is 12.3. The fraction of sp³-hybridized carbons (Fsp3) is 0.238. The molecular weight excluding hydrogens is 374 g/mol. The lowest BCUT2D eigenvalue weighted by molar-refractivity contribution is 0.281. The highest BCUT2D eigenvalue weighted by atomic mass is 32.1. The molecule has 0 unspecified atom stereocenters. The number of aromatic nitrogens is 2. The topological polar surface area (TPSA) is 78.2 Å². The van der Waals surface area contributed by atoms with Crippen molar-refractivity contribution in [2.75, 3.05) is 27.2 Å². The van der Waals surface area contributed by atoms with Crippen molar-refractivity contribution in [3.05, 3.63) is 83.6 Å². The Bertz CT molecular complexity index is 1130. The van der Waals surface area contributed by atoms with E-state index in [1.165, 1.54) is 11.3 Å². The van der Waals surface area contributed by atoms with Crippen molar-refractivity contribution in [3.63, 3.8) is 0 Å². The molecule has 28 heavy (non-hydrogen) atoms. The van der Waals surface area contributed by atoms with E-state index in [4.69, 9.17) is 4.74 Å². The highest BCUT2D eigenvalue weighted by molar-refractivity contribution is 7.10. The van der Waals surface area contributed by atoms with Crippen molar-refractivity contribution in [2.45, 2.75) is 6.42 Å². The Labute approximate surface area is 166 Å². The maximum atomic E-state index is 12.3. The molecule has 2 aromatic heterocycles. The minimum atomic E-state index is -0.341. The second-order valence-electron chi connectivity index (χ2n) is 6.61. The van der Waals surface area contributed by atoms with Crippen LogP contribution in [0.3, 0.4) is 0 Å². The van der Waals surface area contributed by atoms with E-state index in [9.17, 15) is 9.59 Å². The molecule has 0 saturated heterocycles. The number of hydrogen-bond acceptors (Lipinski definition) is 5. The third-order valence-corrected chi connectivity index (χ3v) is 4.84. The van der Waals surface area contributed by atoms with Gasteiger partial charge >= 0.3 is 0 Å². The van der Waals surface area contributed by atoms with Gasteiger partial charge in [-0.3, -0.25) is 9.59 Å². The second-order valence-corrected chi connectivity index (χ2v) is 7.59. The summed E-state index contributed by atoms with van der Waals surface area (Å²) in [5, 5.41) is 2.37. The average Bonchev–Trinajstić information content (AvgIpc) is 3.17. The number of nitrogens with zero attached hydrogens (tertiary/aromatic N) is 1. The lowest BCUT2D eigenvalue weighted by Crippen LogP contribution is -2.46. The number of H-pyrrole nitrogens is 2. The Morgan fingerprint density at radius 1 is 1.00 bits per heavy atom. The van der Waals surface area contributed by atoms with E-state index < -0.39 is 0 Å². The second kappa shape index (κ2) is 9.34. The Balaban J connectivity index is 1.77. The number of thiophene rings is 1. The molecule has 0 fully saturated rings. The quantitative estimate of drug-likeness (QED) is 0.586. The number of rotatable bonds is 7. The van der Waals surface area contributed by atoms with Gasteiger partial charge in [-0.15, -0.1) is 11.3 Å². The van der Waals surface area contributed by atoms with Crippen molar-refractivity contribution >= 4 is 23.5 Å². The average molecular weight is 398 g/mol. The van der Waals surface area contributed by atoms with E-state index in [2.05, 4.69) is 14.9 Å². The van der Waals surface area contributed by atoms with Crippen LogP contribution in [0.5, 0.6) is 5.75 Å². The van der Waals surface area contributed by atoms with Crippen LogP contribution >= 0.6 is 11.3 Å². The molecule has 2 heterocycles. The SMILES string of the molecule is CN(C)CCCOc1ccc(/C=c2\[nH]c(=O)/c(=C/c3cccs3)[nH]c2=O)cc1. The first-order valence-electron chi connectivity index (χ1n) is 8.98. The monoisotopic (exact) mass is 397 g/mol. The van der Waals surface area contributed by atoms with Crippen LogP contribution < -0.4 is 26.6 Å². The van der Waals surface area contributed by atoms with E-state index in [1.807, 2.05) is 55.9 Å². The molecule has 3 rings (SSSR count). The van der Waals surface area contributed by atoms with E-state index in [-0.39, 0.29) is 21.8 Å². The third kappa shape index (κ3) is 5.55. The van der Waals surface area contributed by atoms with E-state index >= 15 is 0 Å². The summed E-state index contributed by atoms with van der Waals surface area (Å²) in [7, 11) is 4.06. The lowest BCUT2D eigenvalue weighted by atomic mass is 10.2. The summed E-state index contributed by atoms with van der Waals surface area (Å²) in [6, 6.07) is 11.2. The summed E-state index contributed by atoms with van der Waals surface area (Å²) < 4.78 is 5.70. The van der Waals surface area contributed by atoms with Crippen molar-refractivity contribution in [2.24, 2.45) is 0 Å². The number of benzene rings is 1. The maximum Gasteiger partial charge on any atom is 0.272 e. The Morgan fingerprint density at radius 2 is 1.68 bits per heavy atom. The number of hydrogen-bond donors (Lipinski definition) is 2. The highest BCUT2D eigenvalue weighted by Crippen LogP contribution is 2.12. The standard InChI is InChI=1S/C21H23N3O3S/c1-24(2)10-4-11-27-16-8-6-15(7-9-16)13-18-20(25)23-19(21(26)22-18)14-17-5-3-12-28-17/h3,5-9,12-14H,4,10-11H2,1-2H3,(H,22,26)(H,23,25)/b18-13-,19-14-. The molecular formula is C21H23N3O3S. The van der Waals surface area contributed by atoms with E-state index in [0.29, 0.717) is 6.61 Å². The molecule has 0 saturated carbocycles. The van der Waals surface area contributed by atoms with Crippen LogP contribution in [0.15, 0.2) is 51.4 Å². The first-order valence-corrected chi connectivity index (χ1v) is 9.86. The summed E-state index contributed by atoms with van der Waals surface area (Å²) in [6.45, 7) is 1.62. The van der Waals surface area contributed by atoms with Gasteiger partial charge < -0.3 is 19.6 Å². The van der Waals surface area contributed by atoms with Gasteiger partial charge in [-0.1, -0.05) is 18.2 Å². The number of aromatic amines is 2. The summed E-state index contributed by atoms with van der Waals surface area (Å²) in [5.41, 5.74) is 0.128. The molecule has 7 heteroatoms. The molecule has 146 valence electrons. The fourth-order valence-corrected chi connectivity index (χ4v) is 3.27. The highest BCUT2D eigenvalue weighted by Gasteiger charge is 1.99. The van der Waals surface area contributed by atoms with Crippen molar-refractivity contribution in [3.8, 4) is 5.75 Å². The molecule has 0 amide bonds. The van der Waals surface area contributed by atoms with Gasteiger partial charge in [0.25, 0.3) is 11.1 Å². The van der Waals surface area contributed by atoms with Gasteiger partial charge in [-0.2, -0.15) is 0 Å². The smallest absolute Gasteiger partial charge is 0.272 e. The first-order chi connectivity index (χ1) is 13.5. The predicted octanol–water partition coefficient (Wildman–Crippen LogP) is 1.11. The Kier molecular flexibility index (Phi) is 6.62. The lowest BCUT2D eigenvalue weighted by Gasteiger charge is -2.10. The molecule has 0 atom stereocenters. The molecule has 6 nitrogen and oxygen atoms in total. The van der Waals surface area contributed by atoms with Gasteiger partial charge in [-0.05, 0) is 61.8 Å². The van der Waals surface area contributed by atoms with Crippen molar-refractivity contribution < 1.29 is 4.74 Å². The molecule has 0 bridgehead atoms. The number of nitrogens with one attached hydrogen (secondary N) is 2. The Hall–Kier alpha value is -2.90. The molecule has 0 aliphatic rings. The van der Waals surface area contributed by atoms with Gasteiger partial charge in [0.1, 0.15) is 16.4 Å². The molecule has 0 radical (unpaired) electrons. The minimum Gasteiger partial charge on any atom is -0.494 e. The molecule has 0 aliphatic carbocycles. The molecule has 0 aliphatic heterocycles. The summed E-state index contributed by atoms with van der Waals surface area (Å²) in [4.78, 5) is 32.9. The van der Waals surface area contributed by atoms with Gasteiger partial charge in [0, 0.05) is 11.4 Å². The predicted molar refractivity (Wildman–Crippen MR) is 113 cm³/mol. The third-order valence-electron chi connectivity index (χ3n) is 4.02. The zero-order valence-corrected chi connectivity index (χ0v) is 16.7. The minimum absolute atomic E-state index is 0.216. The zero-order chi connectivity index (χ0) is 19.9. The molecule has 0 spiro atoms. The van der Waals surface area contributed by atoms with Gasteiger partial charge in [0.05, 0.1) is 6.61 Å². The van der Waals surface area contributed by atoms with E-state index in [1.54, 1.807) is 12.2 Å². The first kappa shape index (κ1) is 19.9. The van der Waals surface area contributed by atoms with Crippen molar-refractivity contribution in [1.29, 1.82) is 0 Å². The van der Waals surface area contributed by atoms with Crippen LogP contribution in [0.2, 0.25) is 0 Å². The van der Waals surface area contributed by atoms with Crippen LogP contribution in [0, 0.1) is 0 Å². The largest absolute Gasteiger partial charge is 0.494 e. The van der Waals surface area contributed by atoms with Gasteiger partial charge in [0.2, 0.25) is 0 Å². The molecule has 3 aromatic rings. The van der Waals surface area contributed by atoms with Crippen LogP contribution in [-0.2, 0) is 0 Å². The summed E-state index contributed by atoms with van der Waals surface area (Å²) in [6.07, 6.45) is 4.26. The van der Waals surface area contributed by atoms with Gasteiger partial charge in [0.15, 0.2) is 0 Å². The van der Waals surface area contributed by atoms with Crippen LogP contribution in [0.4, 0.5) is 0 Å². The summed E-state index contributed by atoms with van der Waals surface area (Å²) >= 11 is 1.50. The van der Waals surface area contributed by atoms with Crippen LogP contribution in [0.1, 0.15) is 16.9 Å². The van der Waals surface area contributed by atoms with E-state index in [0.717, 1.165) is 29.2 Å². The Morgan fingerprint density at radius 3 is 2.29 bits per heavy atom. The summed E-state index contributed by atoms with van der Waals surface area (Å²) in [5.74, 6) is 0.777. The zero-order valence-electron chi connectivity index (χ0n) is 15.9. The van der Waals surface area contributed by atoms with Crippen LogP contribution in [-0.4, -0.2) is 42.1 Å². The molecule has 2 N–H and O–H groups in total. The van der Waals surface area contributed by atoms with Gasteiger partial charge in [-0.25, -0.2) is 0 Å². The fourth-order valence-electron chi connectivity index (χ4n) is 2.61. The van der Waals surface area contributed by atoms with Crippen molar-refractivity contribution in [1.82, 2.24) is 14.9 Å². The molecule has 1 aromatic carbocycles.